The Kier molecular flexibility index (Phi) is 5.75. The SMILES string of the molecule is CC[C@@H](Nc1nc2ccccc2c2nc(-c3ccccc3OC(F)(F)C(F)F)nn12)C(N)=O. The number of para-hydroxylation sites is 2. The number of amides is 1. The molecule has 1 atom stereocenters. The molecular weight excluding hydrogens is 444 g/mol. The van der Waals surface area contributed by atoms with Crippen molar-refractivity contribution in [2.75, 3.05) is 5.32 Å². The molecule has 0 bridgehead atoms. The van der Waals surface area contributed by atoms with Gasteiger partial charge in [0.25, 0.3) is 0 Å². The molecule has 33 heavy (non-hydrogen) atoms. The summed E-state index contributed by atoms with van der Waals surface area (Å²) < 4.78 is 58.1. The molecule has 0 saturated heterocycles. The number of nitrogens with two attached hydrogens (primary N) is 1. The minimum absolute atomic E-state index is 0.0292. The summed E-state index contributed by atoms with van der Waals surface area (Å²) in [5, 5.41) is 7.84. The highest BCUT2D eigenvalue weighted by atomic mass is 19.3. The maximum Gasteiger partial charge on any atom is 0.461 e. The second-order valence-electron chi connectivity index (χ2n) is 7.09. The summed E-state index contributed by atoms with van der Waals surface area (Å²) in [4.78, 5) is 20.6. The van der Waals surface area contributed by atoms with Crippen molar-refractivity contribution in [2.24, 2.45) is 5.73 Å². The molecule has 0 spiro atoms. The Morgan fingerprint density at radius 1 is 1.15 bits per heavy atom. The number of fused-ring (bicyclic) bond motifs is 3. The van der Waals surface area contributed by atoms with Crippen LogP contribution in [0.3, 0.4) is 0 Å². The van der Waals surface area contributed by atoms with Crippen LogP contribution in [-0.2, 0) is 4.79 Å². The number of alkyl halides is 4. The number of ether oxygens (including phenoxy) is 1. The summed E-state index contributed by atoms with van der Waals surface area (Å²) >= 11 is 0. The highest BCUT2D eigenvalue weighted by Crippen LogP contribution is 2.35. The zero-order chi connectivity index (χ0) is 23.8. The number of anilines is 1. The van der Waals surface area contributed by atoms with Gasteiger partial charge in [0.15, 0.2) is 11.5 Å². The van der Waals surface area contributed by atoms with E-state index in [4.69, 9.17) is 5.73 Å². The van der Waals surface area contributed by atoms with Crippen molar-refractivity contribution in [3.05, 3.63) is 48.5 Å². The molecule has 8 nitrogen and oxygen atoms in total. The zero-order valence-corrected chi connectivity index (χ0v) is 17.2. The molecule has 0 aliphatic rings. The van der Waals surface area contributed by atoms with Crippen LogP contribution < -0.4 is 15.8 Å². The monoisotopic (exact) mass is 462 g/mol. The second-order valence-corrected chi connectivity index (χ2v) is 7.09. The number of hydrogen-bond donors (Lipinski definition) is 2. The van der Waals surface area contributed by atoms with Crippen LogP contribution in [0.2, 0.25) is 0 Å². The zero-order valence-electron chi connectivity index (χ0n) is 17.2. The number of hydrogen-bond acceptors (Lipinski definition) is 6. The Morgan fingerprint density at radius 2 is 1.85 bits per heavy atom. The predicted octanol–water partition coefficient (Wildman–Crippen LogP) is 3.86. The van der Waals surface area contributed by atoms with Crippen molar-refractivity contribution in [3.8, 4) is 17.1 Å². The lowest BCUT2D eigenvalue weighted by atomic mass is 10.2. The second kappa shape index (κ2) is 8.52. The van der Waals surface area contributed by atoms with Crippen LogP contribution in [0.4, 0.5) is 23.5 Å². The van der Waals surface area contributed by atoms with Crippen molar-refractivity contribution in [2.45, 2.75) is 31.9 Å². The van der Waals surface area contributed by atoms with Crippen molar-refractivity contribution in [1.29, 1.82) is 0 Å². The summed E-state index contributed by atoms with van der Waals surface area (Å²) in [6, 6.07) is 11.6. The number of nitrogens with one attached hydrogen (secondary N) is 1. The molecule has 172 valence electrons. The molecule has 2 aromatic carbocycles. The van der Waals surface area contributed by atoms with E-state index >= 15 is 0 Å². The van der Waals surface area contributed by atoms with E-state index in [-0.39, 0.29) is 17.3 Å². The van der Waals surface area contributed by atoms with Crippen LogP contribution in [0.1, 0.15) is 13.3 Å². The van der Waals surface area contributed by atoms with Gasteiger partial charge in [-0.05, 0) is 30.7 Å². The predicted molar refractivity (Wildman–Crippen MR) is 112 cm³/mol. The Hall–Kier alpha value is -3.96. The van der Waals surface area contributed by atoms with Gasteiger partial charge in [0, 0.05) is 5.39 Å². The van der Waals surface area contributed by atoms with E-state index in [1.54, 1.807) is 31.2 Å². The van der Waals surface area contributed by atoms with Gasteiger partial charge in [0.1, 0.15) is 11.8 Å². The Morgan fingerprint density at radius 3 is 2.55 bits per heavy atom. The average molecular weight is 462 g/mol. The van der Waals surface area contributed by atoms with Gasteiger partial charge in [-0.2, -0.15) is 22.1 Å². The minimum atomic E-state index is -4.70. The summed E-state index contributed by atoms with van der Waals surface area (Å²) in [5.74, 6) is -1.05. The molecule has 2 heterocycles. The van der Waals surface area contributed by atoms with Crippen molar-refractivity contribution in [3.63, 3.8) is 0 Å². The normalized spacial score (nSPS) is 12.9. The minimum Gasteiger partial charge on any atom is -0.428 e. The molecule has 0 fully saturated rings. The van der Waals surface area contributed by atoms with E-state index in [2.05, 4.69) is 25.1 Å². The van der Waals surface area contributed by atoms with Crippen LogP contribution in [-0.4, -0.2) is 44.1 Å². The van der Waals surface area contributed by atoms with E-state index in [0.29, 0.717) is 23.0 Å². The topological polar surface area (TPSA) is 107 Å². The smallest absolute Gasteiger partial charge is 0.428 e. The number of rotatable bonds is 8. The molecule has 1 amide bonds. The van der Waals surface area contributed by atoms with Gasteiger partial charge >= 0.3 is 12.5 Å². The Balaban J connectivity index is 1.89. The van der Waals surface area contributed by atoms with E-state index < -0.39 is 30.2 Å². The van der Waals surface area contributed by atoms with Gasteiger partial charge in [-0.3, -0.25) is 4.79 Å². The largest absolute Gasteiger partial charge is 0.461 e. The standard InChI is InChI=1S/C21H18F4N6O2/c1-2-13(16(26)32)27-20-28-14-9-5-3-7-11(14)18-29-17(30-31(18)20)12-8-4-6-10-15(12)33-21(24,25)19(22)23/h3-10,13,19H,2H2,1H3,(H2,26,32)(H,27,28)/t13-/m1/s1. The molecule has 4 rings (SSSR count). The third kappa shape index (κ3) is 4.23. The van der Waals surface area contributed by atoms with Crippen molar-refractivity contribution < 1.29 is 27.1 Å². The van der Waals surface area contributed by atoms with Gasteiger partial charge in [-0.25, -0.2) is 9.97 Å². The average Bonchev–Trinajstić information content (AvgIpc) is 3.23. The molecule has 4 aromatic rings. The van der Waals surface area contributed by atoms with E-state index in [1.807, 2.05) is 0 Å². The van der Waals surface area contributed by atoms with E-state index in [0.717, 1.165) is 6.07 Å². The molecule has 0 unspecified atom stereocenters. The van der Waals surface area contributed by atoms with Gasteiger partial charge in [0.05, 0.1) is 11.1 Å². The van der Waals surface area contributed by atoms with Gasteiger partial charge in [0.2, 0.25) is 11.9 Å². The third-order valence-corrected chi connectivity index (χ3v) is 4.86. The summed E-state index contributed by atoms with van der Waals surface area (Å²) in [5.41, 5.74) is 6.22. The fourth-order valence-corrected chi connectivity index (χ4v) is 3.23. The van der Waals surface area contributed by atoms with Gasteiger partial charge in [-0.1, -0.05) is 31.2 Å². The first-order valence-electron chi connectivity index (χ1n) is 9.87. The molecule has 0 saturated carbocycles. The van der Waals surface area contributed by atoms with Crippen LogP contribution >= 0.6 is 0 Å². The Bertz CT molecular complexity index is 1330. The molecule has 12 heteroatoms. The summed E-state index contributed by atoms with van der Waals surface area (Å²) in [6.45, 7) is 1.75. The van der Waals surface area contributed by atoms with Crippen LogP contribution in [0.25, 0.3) is 27.9 Å². The first kappa shape index (κ1) is 22.2. The van der Waals surface area contributed by atoms with Gasteiger partial charge < -0.3 is 15.8 Å². The number of nitrogens with zero attached hydrogens (tertiary/aromatic N) is 4. The third-order valence-electron chi connectivity index (χ3n) is 4.86. The lowest BCUT2D eigenvalue weighted by Crippen LogP contribution is -2.35. The maximum absolute atomic E-state index is 13.6. The number of carbonyl (C=O) groups excluding carboxylic acids is 1. The maximum atomic E-state index is 13.6. The molecular formula is C21H18F4N6O2. The molecule has 3 N–H and O–H groups in total. The first-order valence-corrected chi connectivity index (χ1v) is 9.87. The summed E-state index contributed by atoms with van der Waals surface area (Å²) in [6.07, 6.45) is -8.36. The van der Waals surface area contributed by atoms with Crippen molar-refractivity contribution >= 4 is 28.4 Å². The number of aromatic nitrogens is 4. The number of benzene rings is 2. The van der Waals surface area contributed by atoms with Crippen LogP contribution in [0.5, 0.6) is 5.75 Å². The molecule has 0 aliphatic heterocycles. The Labute approximate surface area is 184 Å². The number of carbonyl (C=O) groups is 1. The van der Waals surface area contributed by atoms with Gasteiger partial charge in [-0.15, -0.1) is 5.10 Å². The van der Waals surface area contributed by atoms with Crippen LogP contribution in [0.15, 0.2) is 48.5 Å². The van der Waals surface area contributed by atoms with E-state index in [9.17, 15) is 22.4 Å². The fourth-order valence-electron chi connectivity index (χ4n) is 3.23. The molecule has 0 radical (unpaired) electrons. The molecule has 0 aliphatic carbocycles. The lowest BCUT2D eigenvalue weighted by Gasteiger charge is -2.18. The van der Waals surface area contributed by atoms with Crippen molar-refractivity contribution in [1.82, 2.24) is 19.6 Å². The fraction of sp³-hybridized carbons (Fsp3) is 0.238. The van der Waals surface area contributed by atoms with Crippen LogP contribution in [0, 0.1) is 0 Å². The first-order chi connectivity index (χ1) is 15.7. The highest BCUT2D eigenvalue weighted by molar-refractivity contribution is 5.93. The molecule has 2 aromatic heterocycles. The highest BCUT2D eigenvalue weighted by Gasteiger charge is 2.44. The lowest BCUT2D eigenvalue weighted by molar-refractivity contribution is -0.253. The quantitative estimate of drug-likeness (QED) is 0.385. The summed E-state index contributed by atoms with van der Waals surface area (Å²) in [7, 11) is 0. The van der Waals surface area contributed by atoms with E-state index in [1.165, 1.54) is 22.7 Å². The number of primary amides is 1. The number of halogens is 4.